The average molecular weight is 395 g/mol. The predicted octanol–water partition coefficient (Wildman–Crippen LogP) is 2.78. The first kappa shape index (κ1) is 19.6. The molecule has 2 saturated heterocycles. The summed E-state index contributed by atoms with van der Waals surface area (Å²) in [6.07, 6.45) is 12.4. The molecular formula is C22H30N6O. The highest BCUT2D eigenvalue weighted by molar-refractivity contribution is 5.79. The van der Waals surface area contributed by atoms with Gasteiger partial charge in [0, 0.05) is 51.3 Å². The van der Waals surface area contributed by atoms with Crippen molar-refractivity contribution in [3.05, 3.63) is 42.4 Å². The van der Waals surface area contributed by atoms with E-state index in [1.807, 2.05) is 12.3 Å². The van der Waals surface area contributed by atoms with Gasteiger partial charge in [-0.1, -0.05) is 18.9 Å². The molecule has 1 atom stereocenters. The van der Waals surface area contributed by atoms with Crippen LogP contribution in [0.15, 0.2) is 36.8 Å². The zero-order valence-electron chi connectivity index (χ0n) is 17.0. The minimum absolute atomic E-state index is 0.0307. The molecule has 0 unspecified atom stereocenters. The Kier molecular flexibility index (Phi) is 6.54. The SMILES string of the molecule is O=C(NCc1ccc(N2CCCCCC2)nc1)[C@H]1CCCN(c2ncccn2)C1. The van der Waals surface area contributed by atoms with Crippen LogP contribution in [-0.4, -0.2) is 47.0 Å². The molecule has 0 spiro atoms. The third-order valence-electron chi connectivity index (χ3n) is 5.83. The molecular weight excluding hydrogens is 364 g/mol. The summed E-state index contributed by atoms with van der Waals surface area (Å²) < 4.78 is 0. The minimum atomic E-state index is -0.0307. The zero-order chi connectivity index (χ0) is 19.9. The van der Waals surface area contributed by atoms with Crippen LogP contribution < -0.4 is 15.1 Å². The number of amides is 1. The Morgan fingerprint density at radius 1 is 0.966 bits per heavy atom. The lowest BCUT2D eigenvalue weighted by Crippen LogP contribution is -2.43. The summed E-state index contributed by atoms with van der Waals surface area (Å²) in [5, 5.41) is 3.09. The first-order valence-electron chi connectivity index (χ1n) is 10.8. The summed E-state index contributed by atoms with van der Waals surface area (Å²) in [4.78, 5) is 30.4. The fourth-order valence-electron chi connectivity index (χ4n) is 4.17. The first-order chi connectivity index (χ1) is 14.3. The van der Waals surface area contributed by atoms with E-state index in [1.54, 1.807) is 12.4 Å². The molecule has 0 bridgehead atoms. The van der Waals surface area contributed by atoms with Gasteiger partial charge >= 0.3 is 0 Å². The highest BCUT2D eigenvalue weighted by atomic mass is 16.1. The second-order valence-electron chi connectivity index (χ2n) is 7.98. The fourth-order valence-corrected chi connectivity index (χ4v) is 4.17. The summed E-state index contributed by atoms with van der Waals surface area (Å²) in [6, 6.07) is 5.98. The van der Waals surface area contributed by atoms with E-state index in [0.29, 0.717) is 19.0 Å². The highest BCUT2D eigenvalue weighted by Crippen LogP contribution is 2.21. The third kappa shape index (κ3) is 5.22. The zero-order valence-corrected chi connectivity index (χ0v) is 17.0. The van der Waals surface area contributed by atoms with Crippen molar-refractivity contribution in [2.75, 3.05) is 36.0 Å². The van der Waals surface area contributed by atoms with E-state index in [4.69, 9.17) is 0 Å². The largest absolute Gasteiger partial charge is 0.357 e. The number of carbonyl (C=O) groups is 1. The Hall–Kier alpha value is -2.70. The predicted molar refractivity (Wildman–Crippen MR) is 114 cm³/mol. The van der Waals surface area contributed by atoms with Crippen LogP contribution in [0.5, 0.6) is 0 Å². The summed E-state index contributed by atoms with van der Waals surface area (Å²) in [5.74, 6) is 1.82. The number of carbonyl (C=O) groups excluding carboxylic acids is 1. The van der Waals surface area contributed by atoms with Crippen molar-refractivity contribution in [1.82, 2.24) is 20.3 Å². The molecule has 0 aromatic carbocycles. The van der Waals surface area contributed by atoms with Crippen molar-refractivity contribution < 1.29 is 4.79 Å². The van der Waals surface area contributed by atoms with Crippen LogP contribution in [-0.2, 0) is 11.3 Å². The molecule has 1 N–H and O–H groups in total. The van der Waals surface area contributed by atoms with Crippen molar-refractivity contribution in [1.29, 1.82) is 0 Å². The Labute approximate surface area is 172 Å². The standard InChI is InChI=1S/C22H30N6O/c29-21(19-7-5-14-28(17-19)22-23-10-6-11-24-22)26-16-18-8-9-20(25-15-18)27-12-3-1-2-4-13-27/h6,8-11,15,19H,1-5,7,12-14,16-17H2,(H,26,29)/t19-/m0/s1. The molecule has 0 saturated carbocycles. The molecule has 29 heavy (non-hydrogen) atoms. The number of pyridine rings is 1. The van der Waals surface area contributed by atoms with E-state index >= 15 is 0 Å². The fraction of sp³-hybridized carbons (Fsp3) is 0.545. The number of hydrogen-bond acceptors (Lipinski definition) is 6. The Morgan fingerprint density at radius 3 is 2.45 bits per heavy atom. The number of piperidine rings is 1. The van der Waals surface area contributed by atoms with Crippen molar-refractivity contribution in [3.8, 4) is 0 Å². The molecule has 0 radical (unpaired) electrons. The number of hydrogen-bond donors (Lipinski definition) is 1. The Balaban J connectivity index is 1.29. The van der Waals surface area contributed by atoms with Crippen molar-refractivity contribution in [2.45, 2.75) is 45.1 Å². The smallest absolute Gasteiger partial charge is 0.225 e. The molecule has 2 aromatic rings. The summed E-state index contributed by atoms with van der Waals surface area (Å²) >= 11 is 0. The van der Waals surface area contributed by atoms with Gasteiger partial charge in [0.1, 0.15) is 5.82 Å². The maximum atomic E-state index is 12.7. The van der Waals surface area contributed by atoms with Crippen LogP contribution in [0.4, 0.5) is 11.8 Å². The molecule has 4 rings (SSSR count). The van der Waals surface area contributed by atoms with E-state index in [0.717, 1.165) is 43.9 Å². The van der Waals surface area contributed by atoms with Gasteiger partial charge in [0.2, 0.25) is 11.9 Å². The molecule has 7 nitrogen and oxygen atoms in total. The molecule has 2 aromatic heterocycles. The van der Waals surface area contributed by atoms with Gasteiger partial charge in [-0.25, -0.2) is 15.0 Å². The van der Waals surface area contributed by atoms with Gasteiger partial charge in [-0.2, -0.15) is 0 Å². The van der Waals surface area contributed by atoms with Gasteiger partial charge in [0.05, 0.1) is 5.92 Å². The Morgan fingerprint density at radius 2 is 1.72 bits per heavy atom. The maximum Gasteiger partial charge on any atom is 0.225 e. The van der Waals surface area contributed by atoms with Crippen LogP contribution in [0.1, 0.15) is 44.1 Å². The normalized spacial score (nSPS) is 20.2. The Bertz CT molecular complexity index is 774. The second kappa shape index (κ2) is 9.67. The van der Waals surface area contributed by atoms with Gasteiger partial charge in [-0.05, 0) is 43.4 Å². The van der Waals surface area contributed by atoms with Crippen molar-refractivity contribution in [3.63, 3.8) is 0 Å². The van der Waals surface area contributed by atoms with E-state index in [2.05, 4.69) is 42.2 Å². The average Bonchev–Trinajstić information content (AvgIpc) is 3.08. The molecule has 2 fully saturated rings. The van der Waals surface area contributed by atoms with Gasteiger partial charge in [-0.15, -0.1) is 0 Å². The van der Waals surface area contributed by atoms with E-state index in [-0.39, 0.29) is 11.8 Å². The highest BCUT2D eigenvalue weighted by Gasteiger charge is 2.26. The van der Waals surface area contributed by atoms with Gasteiger partial charge in [0.15, 0.2) is 0 Å². The molecule has 0 aliphatic carbocycles. The van der Waals surface area contributed by atoms with E-state index < -0.39 is 0 Å². The second-order valence-corrected chi connectivity index (χ2v) is 7.98. The molecule has 4 heterocycles. The number of aromatic nitrogens is 3. The van der Waals surface area contributed by atoms with Crippen LogP contribution in [0, 0.1) is 5.92 Å². The molecule has 7 heteroatoms. The van der Waals surface area contributed by atoms with Gasteiger partial charge in [0.25, 0.3) is 0 Å². The van der Waals surface area contributed by atoms with Gasteiger partial charge in [-0.3, -0.25) is 4.79 Å². The summed E-state index contributed by atoms with van der Waals surface area (Å²) in [5.41, 5.74) is 1.04. The molecule has 2 aliphatic heterocycles. The van der Waals surface area contributed by atoms with E-state index in [9.17, 15) is 4.79 Å². The maximum absolute atomic E-state index is 12.7. The topological polar surface area (TPSA) is 74.2 Å². The van der Waals surface area contributed by atoms with Crippen molar-refractivity contribution in [2.24, 2.45) is 5.92 Å². The van der Waals surface area contributed by atoms with Crippen LogP contribution in [0.3, 0.4) is 0 Å². The number of nitrogens with zero attached hydrogens (tertiary/aromatic N) is 5. The number of rotatable bonds is 5. The summed E-state index contributed by atoms with van der Waals surface area (Å²) in [7, 11) is 0. The molecule has 154 valence electrons. The van der Waals surface area contributed by atoms with Gasteiger partial charge < -0.3 is 15.1 Å². The van der Waals surface area contributed by atoms with Crippen LogP contribution >= 0.6 is 0 Å². The quantitative estimate of drug-likeness (QED) is 0.841. The summed E-state index contributed by atoms with van der Waals surface area (Å²) in [6.45, 7) is 4.26. The van der Waals surface area contributed by atoms with Crippen LogP contribution in [0.25, 0.3) is 0 Å². The molecule has 1 amide bonds. The third-order valence-corrected chi connectivity index (χ3v) is 5.83. The lowest BCUT2D eigenvalue weighted by molar-refractivity contribution is -0.125. The lowest BCUT2D eigenvalue weighted by atomic mass is 9.97. The lowest BCUT2D eigenvalue weighted by Gasteiger charge is -2.31. The first-order valence-corrected chi connectivity index (χ1v) is 10.8. The monoisotopic (exact) mass is 394 g/mol. The van der Waals surface area contributed by atoms with Crippen molar-refractivity contribution >= 4 is 17.7 Å². The molecule has 2 aliphatic rings. The number of anilines is 2. The minimum Gasteiger partial charge on any atom is -0.357 e. The van der Waals surface area contributed by atoms with E-state index in [1.165, 1.54) is 25.7 Å². The number of nitrogens with one attached hydrogen (secondary N) is 1. The van der Waals surface area contributed by atoms with Crippen LogP contribution in [0.2, 0.25) is 0 Å².